The maximum absolute atomic E-state index is 10.3. The van der Waals surface area contributed by atoms with Crippen LogP contribution in [0.3, 0.4) is 0 Å². The van der Waals surface area contributed by atoms with Gasteiger partial charge < -0.3 is 9.76 Å². The van der Waals surface area contributed by atoms with Gasteiger partial charge in [-0.15, -0.1) is 0 Å². The number of hydrogen-bond acceptors (Lipinski definition) is 3. The molecule has 2 aromatic carbocycles. The molecule has 1 aromatic heterocycles. The van der Waals surface area contributed by atoms with Crippen molar-refractivity contribution in [3.05, 3.63) is 54.4 Å². The topological polar surface area (TPSA) is 47.3 Å². The molecular weight excluding hydrogens is 323 g/mol. The summed E-state index contributed by atoms with van der Waals surface area (Å²) in [6.07, 6.45) is 0.862. The van der Waals surface area contributed by atoms with Gasteiger partial charge in [0.25, 0.3) is 0 Å². The lowest BCUT2D eigenvalue weighted by Gasteiger charge is -2.37. The third-order valence-electron chi connectivity index (χ3n) is 5.19. The molecule has 4 nitrogen and oxygen atoms in total. The molecule has 0 radical (unpaired) electrons. The largest absolute Gasteiger partial charge is 0.427 e. The summed E-state index contributed by atoms with van der Waals surface area (Å²) in [4.78, 5) is 4.75. The molecule has 1 N–H and O–H groups in total. The van der Waals surface area contributed by atoms with Crippen molar-refractivity contribution in [2.75, 3.05) is 0 Å². The molecule has 26 heavy (non-hydrogen) atoms. The maximum atomic E-state index is 10.3. The van der Waals surface area contributed by atoms with Crippen molar-refractivity contribution in [3.63, 3.8) is 0 Å². The Morgan fingerprint density at radius 1 is 1.08 bits per heavy atom. The fraction of sp³-hybridized carbons (Fsp3) is 0.381. The number of fused-ring (bicyclic) bond motifs is 1. The predicted molar refractivity (Wildman–Crippen MR) is 109 cm³/mol. The highest BCUT2D eigenvalue weighted by atomic mass is 16.5. The van der Waals surface area contributed by atoms with E-state index >= 15 is 0 Å². The Hall–Kier alpha value is -2.11. The maximum Gasteiger partial charge on any atom is 0.309 e. The van der Waals surface area contributed by atoms with E-state index < -0.39 is 11.2 Å². The molecule has 0 bridgehead atoms. The minimum absolute atomic E-state index is 0.443. The van der Waals surface area contributed by atoms with Gasteiger partial charge in [-0.05, 0) is 52.0 Å². The first-order valence-corrected chi connectivity index (χ1v) is 9.15. The van der Waals surface area contributed by atoms with Gasteiger partial charge in [0.15, 0.2) is 0 Å². The molecule has 0 aliphatic heterocycles. The first kappa shape index (κ1) is 18.7. The van der Waals surface area contributed by atoms with Crippen LogP contribution in [0.1, 0.15) is 40.4 Å². The summed E-state index contributed by atoms with van der Waals surface area (Å²) in [6.45, 7) is 9.49. The predicted octanol–water partition coefficient (Wildman–Crippen LogP) is 3.13. The Kier molecular flexibility index (Phi) is 4.95. The van der Waals surface area contributed by atoms with Gasteiger partial charge in [0.05, 0.1) is 22.2 Å². The number of aromatic nitrogens is 2. The monoisotopic (exact) mass is 350 g/mol. The standard InChI is InChI=1S/C21H27BN2O2/c1-6-19-23-17-12-7-8-13-18(17)24(19)16-11-9-10-15(14-16)22-26-21(4,5)20(2,3)25/h7-14,22,25H,6H2,1-5H3. The van der Waals surface area contributed by atoms with Gasteiger partial charge >= 0.3 is 7.48 Å². The zero-order chi connectivity index (χ0) is 18.9. The quantitative estimate of drug-likeness (QED) is 0.695. The Morgan fingerprint density at radius 2 is 1.81 bits per heavy atom. The number of nitrogens with zero attached hydrogens (tertiary/aromatic N) is 2. The molecule has 0 atom stereocenters. The summed E-state index contributed by atoms with van der Waals surface area (Å²) in [7, 11) is 0.443. The minimum Gasteiger partial charge on any atom is -0.427 e. The van der Waals surface area contributed by atoms with Gasteiger partial charge in [0.2, 0.25) is 0 Å². The van der Waals surface area contributed by atoms with Crippen molar-refractivity contribution in [2.24, 2.45) is 0 Å². The number of aliphatic hydroxyl groups is 1. The summed E-state index contributed by atoms with van der Waals surface area (Å²) >= 11 is 0. The SMILES string of the molecule is CCc1nc2ccccc2n1-c1cccc(BOC(C)(C)C(C)(C)O)c1. The Morgan fingerprint density at radius 3 is 2.50 bits per heavy atom. The molecular formula is C21H27BN2O2. The molecule has 3 aromatic rings. The molecule has 0 aliphatic rings. The second-order valence-corrected chi connectivity index (χ2v) is 7.73. The first-order chi connectivity index (χ1) is 12.2. The van der Waals surface area contributed by atoms with Crippen LogP contribution in [0.5, 0.6) is 0 Å². The van der Waals surface area contributed by atoms with E-state index in [9.17, 15) is 5.11 Å². The van der Waals surface area contributed by atoms with Gasteiger partial charge in [-0.2, -0.15) is 0 Å². The Labute approximate surface area is 156 Å². The first-order valence-electron chi connectivity index (χ1n) is 9.15. The fourth-order valence-corrected chi connectivity index (χ4v) is 2.83. The molecule has 0 amide bonds. The molecule has 0 saturated heterocycles. The number of benzene rings is 2. The van der Waals surface area contributed by atoms with Crippen LogP contribution in [0.25, 0.3) is 16.7 Å². The molecule has 136 valence electrons. The van der Waals surface area contributed by atoms with Gasteiger partial charge in [0.1, 0.15) is 5.82 Å². The fourth-order valence-electron chi connectivity index (χ4n) is 2.83. The second-order valence-electron chi connectivity index (χ2n) is 7.73. The summed E-state index contributed by atoms with van der Waals surface area (Å²) < 4.78 is 8.23. The highest BCUT2D eigenvalue weighted by Gasteiger charge is 2.35. The number of rotatable bonds is 6. The number of hydrogen-bond donors (Lipinski definition) is 1. The van der Waals surface area contributed by atoms with Crippen LogP contribution in [0.4, 0.5) is 0 Å². The van der Waals surface area contributed by atoms with Crippen LogP contribution in [-0.2, 0) is 11.1 Å². The lowest BCUT2D eigenvalue weighted by Crippen LogP contribution is -2.49. The third kappa shape index (κ3) is 3.55. The molecule has 5 heteroatoms. The van der Waals surface area contributed by atoms with Crippen molar-refractivity contribution in [3.8, 4) is 5.69 Å². The van der Waals surface area contributed by atoms with Crippen LogP contribution in [0, 0.1) is 0 Å². The van der Waals surface area contributed by atoms with Crippen LogP contribution < -0.4 is 5.46 Å². The lowest BCUT2D eigenvalue weighted by molar-refractivity contribution is -0.0893. The summed E-state index contributed by atoms with van der Waals surface area (Å²) in [5, 5.41) is 10.3. The number of aryl methyl sites for hydroxylation is 1. The average Bonchev–Trinajstić information content (AvgIpc) is 2.98. The van der Waals surface area contributed by atoms with E-state index in [-0.39, 0.29) is 0 Å². The Balaban J connectivity index is 1.94. The lowest BCUT2D eigenvalue weighted by atomic mass is 9.82. The Bertz CT molecular complexity index is 910. The minimum atomic E-state index is -0.916. The number of para-hydroxylation sites is 2. The zero-order valence-corrected chi connectivity index (χ0v) is 16.3. The number of imidazole rings is 1. The highest BCUT2D eigenvalue weighted by Crippen LogP contribution is 2.25. The average molecular weight is 350 g/mol. The van der Waals surface area contributed by atoms with Crippen LogP contribution in [-0.4, -0.2) is 33.3 Å². The highest BCUT2D eigenvalue weighted by molar-refractivity contribution is 6.47. The zero-order valence-electron chi connectivity index (χ0n) is 16.3. The van der Waals surface area contributed by atoms with Gasteiger partial charge in [-0.25, -0.2) is 4.98 Å². The molecule has 0 aliphatic carbocycles. The summed E-state index contributed by atoms with van der Waals surface area (Å²) in [5.74, 6) is 1.04. The van der Waals surface area contributed by atoms with E-state index in [4.69, 9.17) is 9.64 Å². The molecule has 1 heterocycles. The van der Waals surface area contributed by atoms with Crippen LogP contribution in [0.15, 0.2) is 48.5 Å². The molecule has 0 spiro atoms. The van der Waals surface area contributed by atoms with E-state index in [2.05, 4.69) is 35.8 Å². The van der Waals surface area contributed by atoms with Crippen molar-refractivity contribution in [2.45, 2.75) is 52.2 Å². The van der Waals surface area contributed by atoms with Crippen LogP contribution in [0.2, 0.25) is 0 Å². The molecule has 0 saturated carbocycles. The van der Waals surface area contributed by atoms with Crippen molar-refractivity contribution in [1.82, 2.24) is 9.55 Å². The molecule has 0 fully saturated rings. The van der Waals surface area contributed by atoms with Gasteiger partial charge in [-0.3, -0.25) is 4.57 Å². The molecule has 0 unspecified atom stereocenters. The second kappa shape index (κ2) is 6.90. The normalized spacial score (nSPS) is 12.5. The van der Waals surface area contributed by atoms with Gasteiger partial charge in [0, 0.05) is 12.1 Å². The van der Waals surface area contributed by atoms with Crippen LogP contribution >= 0.6 is 0 Å². The third-order valence-corrected chi connectivity index (χ3v) is 5.19. The van der Waals surface area contributed by atoms with E-state index in [0.29, 0.717) is 7.48 Å². The van der Waals surface area contributed by atoms with Crippen molar-refractivity contribution in [1.29, 1.82) is 0 Å². The van der Waals surface area contributed by atoms with Gasteiger partial charge in [-0.1, -0.05) is 36.7 Å². The molecule has 3 rings (SSSR count). The van der Waals surface area contributed by atoms with E-state index in [1.807, 2.05) is 38.1 Å². The van der Waals surface area contributed by atoms with E-state index in [1.165, 1.54) is 0 Å². The smallest absolute Gasteiger partial charge is 0.309 e. The van der Waals surface area contributed by atoms with Crippen molar-refractivity contribution >= 4 is 24.0 Å². The summed E-state index contributed by atoms with van der Waals surface area (Å²) in [5.41, 5.74) is 2.71. The van der Waals surface area contributed by atoms with E-state index in [0.717, 1.165) is 34.4 Å². The van der Waals surface area contributed by atoms with E-state index in [1.54, 1.807) is 13.8 Å². The van der Waals surface area contributed by atoms with Crippen molar-refractivity contribution < 1.29 is 9.76 Å². The summed E-state index contributed by atoms with van der Waals surface area (Å²) in [6, 6.07) is 16.5.